The molecule has 1 aliphatic carbocycles. The molecule has 1 aromatic carbocycles. The van der Waals surface area contributed by atoms with Gasteiger partial charge in [0.05, 0.1) is 10.7 Å². The number of carbonyl (C=O) groups is 3. The molecular formula is C18H16Cl2N4O3S. The predicted molar refractivity (Wildman–Crippen MR) is 108 cm³/mol. The summed E-state index contributed by atoms with van der Waals surface area (Å²) >= 11 is 13.3. The highest BCUT2D eigenvalue weighted by Crippen LogP contribution is 2.35. The molecule has 0 bridgehead atoms. The van der Waals surface area contributed by atoms with E-state index < -0.39 is 17.5 Å². The van der Waals surface area contributed by atoms with Gasteiger partial charge in [0.15, 0.2) is 5.13 Å². The lowest BCUT2D eigenvalue weighted by Crippen LogP contribution is -2.44. The Balaban J connectivity index is 1.43. The zero-order valence-electron chi connectivity index (χ0n) is 14.6. The van der Waals surface area contributed by atoms with Gasteiger partial charge in [-0.15, -0.1) is 11.3 Å². The lowest BCUT2D eigenvalue weighted by molar-refractivity contribution is -0.133. The molecule has 4 rings (SSSR count). The van der Waals surface area contributed by atoms with Crippen molar-refractivity contribution >= 4 is 57.5 Å². The highest BCUT2D eigenvalue weighted by atomic mass is 35.5. The van der Waals surface area contributed by atoms with E-state index in [0.717, 1.165) is 17.7 Å². The molecule has 2 fully saturated rings. The molecule has 7 nitrogen and oxygen atoms in total. The Hall–Kier alpha value is -2.16. The minimum Gasteiger partial charge on any atom is -0.323 e. The second kappa shape index (κ2) is 7.35. The second-order valence-electron chi connectivity index (χ2n) is 6.82. The van der Waals surface area contributed by atoms with Crippen LogP contribution in [-0.2, 0) is 9.59 Å². The number of urea groups is 1. The number of anilines is 1. The molecule has 2 aliphatic rings. The minimum atomic E-state index is -0.822. The van der Waals surface area contributed by atoms with E-state index in [1.807, 2.05) is 0 Å². The third-order valence-corrected chi connectivity index (χ3v) is 6.27. The van der Waals surface area contributed by atoms with Crippen molar-refractivity contribution < 1.29 is 14.4 Å². The summed E-state index contributed by atoms with van der Waals surface area (Å²) in [6.07, 6.45) is 3.02. The van der Waals surface area contributed by atoms with Gasteiger partial charge in [-0.25, -0.2) is 9.78 Å². The van der Waals surface area contributed by atoms with Gasteiger partial charge in [0.2, 0.25) is 5.91 Å². The first-order valence-corrected chi connectivity index (χ1v) is 10.4. The zero-order valence-corrected chi connectivity index (χ0v) is 17.0. The number of imide groups is 1. The van der Waals surface area contributed by atoms with Gasteiger partial charge in [-0.3, -0.25) is 14.5 Å². The number of carbonyl (C=O) groups excluding carboxylic acids is 3. The van der Waals surface area contributed by atoms with E-state index in [0.29, 0.717) is 39.3 Å². The van der Waals surface area contributed by atoms with Gasteiger partial charge in [-0.1, -0.05) is 36.0 Å². The topological polar surface area (TPSA) is 91.4 Å². The fourth-order valence-corrected chi connectivity index (χ4v) is 4.82. The number of halogens is 2. The van der Waals surface area contributed by atoms with Crippen molar-refractivity contribution in [3.8, 4) is 11.3 Å². The van der Waals surface area contributed by atoms with E-state index in [4.69, 9.17) is 23.2 Å². The van der Waals surface area contributed by atoms with Crippen LogP contribution in [0.1, 0.15) is 25.7 Å². The summed E-state index contributed by atoms with van der Waals surface area (Å²) in [6.45, 7) is -0.344. The van der Waals surface area contributed by atoms with Gasteiger partial charge in [-0.2, -0.15) is 0 Å². The third-order valence-electron chi connectivity index (χ3n) is 4.96. The maximum absolute atomic E-state index is 12.6. The third kappa shape index (κ3) is 3.47. The van der Waals surface area contributed by atoms with Crippen molar-refractivity contribution in [1.82, 2.24) is 15.2 Å². The fraction of sp³-hybridized carbons (Fsp3) is 0.333. The maximum Gasteiger partial charge on any atom is 0.325 e. The van der Waals surface area contributed by atoms with E-state index in [2.05, 4.69) is 15.6 Å². The van der Waals surface area contributed by atoms with Crippen LogP contribution in [0.25, 0.3) is 11.3 Å². The largest absolute Gasteiger partial charge is 0.325 e. The van der Waals surface area contributed by atoms with E-state index in [-0.39, 0.29) is 12.5 Å². The van der Waals surface area contributed by atoms with Crippen molar-refractivity contribution in [3.05, 3.63) is 33.6 Å². The number of nitrogens with zero attached hydrogens (tertiary/aromatic N) is 2. The van der Waals surface area contributed by atoms with Crippen LogP contribution in [0.15, 0.2) is 23.6 Å². The molecule has 1 spiro atoms. The Labute approximate surface area is 175 Å². The summed E-state index contributed by atoms with van der Waals surface area (Å²) in [5.41, 5.74) is 0.471. The fourth-order valence-electron chi connectivity index (χ4n) is 3.59. The second-order valence-corrected chi connectivity index (χ2v) is 8.52. The first-order chi connectivity index (χ1) is 13.4. The van der Waals surface area contributed by atoms with Crippen LogP contribution < -0.4 is 10.6 Å². The highest BCUT2D eigenvalue weighted by Gasteiger charge is 2.52. The van der Waals surface area contributed by atoms with Gasteiger partial charge in [0.1, 0.15) is 12.1 Å². The van der Waals surface area contributed by atoms with Crippen LogP contribution in [0.3, 0.4) is 0 Å². The van der Waals surface area contributed by atoms with Crippen LogP contribution in [0, 0.1) is 0 Å². The first-order valence-electron chi connectivity index (χ1n) is 8.73. The van der Waals surface area contributed by atoms with Crippen molar-refractivity contribution in [2.24, 2.45) is 0 Å². The molecule has 2 N–H and O–H groups in total. The average molecular weight is 439 g/mol. The SMILES string of the molecule is O=C(CN1C(=O)NC2(CCCC2)C1=O)Nc1nc(-c2ccc(Cl)cc2Cl)cs1. The summed E-state index contributed by atoms with van der Waals surface area (Å²) in [5, 5.41) is 8.48. The minimum absolute atomic E-state index is 0.321. The molecular weight excluding hydrogens is 423 g/mol. The Morgan fingerprint density at radius 2 is 2.04 bits per heavy atom. The van der Waals surface area contributed by atoms with Gasteiger partial charge in [0, 0.05) is 16.0 Å². The van der Waals surface area contributed by atoms with E-state index in [1.165, 1.54) is 11.3 Å². The van der Waals surface area contributed by atoms with Crippen LogP contribution in [0.4, 0.5) is 9.93 Å². The molecule has 146 valence electrons. The molecule has 28 heavy (non-hydrogen) atoms. The van der Waals surface area contributed by atoms with E-state index in [1.54, 1.807) is 23.6 Å². The number of amides is 4. The molecule has 1 aliphatic heterocycles. The summed E-state index contributed by atoms with van der Waals surface area (Å²) < 4.78 is 0. The molecule has 1 saturated carbocycles. The molecule has 1 aromatic heterocycles. The molecule has 0 unspecified atom stereocenters. The van der Waals surface area contributed by atoms with E-state index in [9.17, 15) is 14.4 Å². The van der Waals surface area contributed by atoms with Crippen molar-refractivity contribution in [1.29, 1.82) is 0 Å². The number of benzene rings is 1. The number of hydrogen-bond acceptors (Lipinski definition) is 5. The summed E-state index contributed by atoms with van der Waals surface area (Å²) in [7, 11) is 0. The van der Waals surface area contributed by atoms with Crippen molar-refractivity contribution in [2.45, 2.75) is 31.2 Å². The standard InChI is InChI=1S/C18H16Cl2N4O3S/c19-10-3-4-11(12(20)7-10)13-9-28-16(21-13)22-14(25)8-24-15(26)18(23-17(24)27)5-1-2-6-18/h3-4,7,9H,1-2,5-6,8H2,(H,23,27)(H,21,22,25). The monoisotopic (exact) mass is 438 g/mol. The van der Waals surface area contributed by atoms with Gasteiger partial charge >= 0.3 is 6.03 Å². The molecule has 10 heteroatoms. The van der Waals surface area contributed by atoms with Crippen LogP contribution in [0.2, 0.25) is 10.0 Å². The maximum atomic E-state index is 12.6. The predicted octanol–water partition coefficient (Wildman–Crippen LogP) is 3.92. The first kappa shape index (κ1) is 19.2. The normalized spacial score (nSPS) is 18.0. The van der Waals surface area contributed by atoms with Crippen molar-refractivity contribution in [2.75, 3.05) is 11.9 Å². The number of thiazole rings is 1. The van der Waals surface area contributed by atoms with Gasteiger partial charge < -0.3 is 10.6 Å². The average Bonchev–Trinajstić information content (AvgIpc) is 3.33. The molecule has 0 radical (unpaired) electrons. The molecule has 4 amide bonds. The van der Waals surface area contributed by atoms with Gasteiger partial charge in [0.25, 0.3) is 5.91 Å². The summed E-state index contributed by atoms with van der Waals surface area (Å²) in [4.78, 5) is 42.5. The number of nitrogens with one attached hydrogen (secondary N) is 2. The summed E-state index contributed by atoms with van der Waals surface area (Å²) in [5.74, 6) is -0.806. The van der Waals surface area contributed by atoms with E-state index >= 15 is 0 Å². The summed E-state index contributed by atoms with van der Waals surface area (Å²) in [6, 6.07) is 4.55. The number of aromatic nitrogens is 1. The van der Waals surface area contributed by atoms with Crippen LogP contribution >= 0.6 is 34.5 Å². The van der Waals surface area contributed by atoms with Gasteiger partial charge in [-0.05, 0) is 31.0 Å². The highest BCUT2D eigenvalue weighted by molar-refractivity contribution is 7.14. The lowest BCUT2D eigenvalue weighted by Gasteiger charge is -2.19. The Kier molecular flexibility index (Phi) is 5.03. The lowest BCUT2D eigenvalue weighted by atomic mass is 9.98. The van der Waals surface area contributed by atoms with Crippen LogP contribution in [0.5, 0.6) is 0 Å². The Morgan fingerprint density at radius 3 is 2.75 bits per heavy atom. The smallest absolute Gasteiger partial charge is 0.323 e. The number of rotatable bonds is 4. The van der Waals surface area contributed by atoms with Crippen molar-refractivity contribution in [3.63, 3.8) is 0 Å². The Morgan fingerprint density at radius 1 is 1.29 bits per heavy atom. The molecule has 1 saturated heterocycles. The Bertz CT molecular complexity index is 971. The van der Waals surface area contributed by atoms with Crippen LogP contribution in [-0.4, -0.2) is 39.8 Å². The number of hydrogen-bond donors (Lipinski definition) is 2. The quantitative estimate of drug-likeness (QED) is 0.707. The molecule has 2 aromatic rings. The molecule has 2 heterocycles. The molecule has 0 atom stereocenters. The zero-order chi connectivity index (χ0) is 19.9.